The number of rotatable bonds is 6. The number of nitrogens with zero attached hydrogens (tertiary/aromatic N) is 2. The van der Waals surface area contributed by atoms with Gasteiger partial charge in [-0.2, -0.15) is 5.26 Å². The van der Waals surface area contributed by atoms with Gasteiger partial charge in [0.05, 0.1) is 12.0 Å². The second-order valence-corrected chi connectivity index (χ2v) is 3.69. The van der Waals surface area contributed by atoms with Crippen molar-refractivity contribution in [2.75, 3.05) is 19.6 Å². The average Bonchev–Trinajstić information content (AvgIpc) is 2.15. The smallest absolute Gasteiger partial charge is 0.328 e. The second-order valence-electron chi connectivity index (χ2n) is 3.69. The molecule has 0 bridgehead atoms. The molecule has 0 amide bonds. The Bertz CT molecular complexity index is 279. The predicted octanol–water partition coefficient (Wildman–Crippen LogP) is 1.50. The van der Waals surface area contributed by atoms with Crippen LogP contribution in [-0.2, 0) is 4.79 Å². The monoisotopic (exact) mass is 210 g/mol. The topological polar surface area (TPSA) is 64.3 Å². The van der Waals surface area contributed by atoms with Crippen molar-refractivity contribution in [1.82, 2.24) is 4.90 Å². The Morgan fingerprint density at radius 1 is 1.67 bits per heavy atom. The summed E-state index contributed by atoms with van der Waals surface area (Å²) >= 11 is 0. The van der Waals surface area contributed by atoms with Crippen LogP contribution < -0.4 is 0 Å². The van der Waals surface area contributed by atoms with Gasteiger partial charge in [0.2, 0.25) is 0 Å². The van der Waals surface area contributed by atoms with Crippen molar-refractivity contribution in [3.05, 3.63) is 11.6 Å². The summed E-state index contributed by atoms with van der Waals surface area (Å²) in [7, 11) is 0. The zero-order valence-electron chi connectivity index (χ0n) is 9.53. The molecule has 4 heteroatoms. The molecule has 0 fully saturated rings. The number of hydrogen-bond acceptors (Lipinski definition) is 3. The van der Waals surface area contributed by atoms with E-state index in [0.29, 0.717) is 13.1 Å². The van der Waals surface area contributed by atoms with Crippen LogP contribution in [0, 0.1) is 17.2 Å². The lowest BCUT2D eigenvalue weighted by Gasteiger charge is -2.21. The Kier molecular flexibility index (Phi) is 6.39. The quantitative estimate of drug-likeness (QED) is 0.675. The third-order valence-corrected chi connectivity index (χ3v) is 2.04. The maximum atomic E-state index is 10.4. The first kappa shape index (κ1) is 13.7. The van der Waals surface area contributed by atoms with Gasteiger partial charge >= 0.3 is 5.97 Å². The van der Waals surface area contributed by atoms with E-state index in [1.54, 1.807) is 6.92 Å². The molecule has 0 rings (SSSR count). The van der Waals surface area contributed by atoms with Gasteiger partial charge in [-0.1, -0.05) is 12.5 Å². The SMILES string of the molecule is CCN(CC(C)=CC(=O)O)CC(C)C#N. The highest BCUT2D eigenvalue weighted by molar-refractivity contribution is 5.80. The van der Waals surface area contributed by atoms with Crippen molar-refractivity contribution in [2.24, 2.45) is 5.92 Å². The largest absolute Gasteiger partial charge is 0.478 e. The van der Waals surface area contributed by atoms with Crippen LogP contribution in [0.2, 0.25) is 0 Å². The Balaban J connectivity index is 4.22. The summed E-state index contributed by atoms with van der Waals surface area (Å²) in [5.74, 6) is -0.945. The van der Waals surface area contributed by atoms with Gasteiger partial charge in [0.1, 0.15) is 0 Å². The second kappa shape index (κ2) is 7.02. The van der Waals surface area contributed by atoms with E-state index < -0.39 is 5.97 Å². The van der Waals surface area contributed by atoms with Crippen molar-refractivity contribution in [3.8, 4) is 6.07 Å². The molecule has 0 radical (unpaired) electrons. The number of nitriles is 1. The molecule has 4 nitrogen and oxygen atoms in total. The van der Waals surface area contributed by atoms with Crippen LogP contribution in [-0.4, -0.2) is 35.6 Å². The van der Waals surface area contributed by atoms with E-state index in [4.69, 9.17) is 10.4 Å². The van der Waals surface area contributed by atoms with Crippen LogP contribution in [0.4, 0.5) is 0 Å². The first-order valence-electron chi connectivity index (χ1n) is 5.01. The molecule has 1 atom stereocenters. The fourth-order valence-corrected chi connectivity index (χ4v) is 1.34. The minimum Gasteiger partial charge on any atom is -0.478 e. The number of carboxylic acids is 1. The molecule has 0 saturated carbocycles. The first-order chi connectivity index (χ1) is 6.99. The highest BCUT2D eigenvalue weighted by Gasteiger charge is 2.08. The van der Waals surface area contributed by atoms with Gasteiger partial charge in [-0.3, -0.25) is 4.90 Å². The summed E-state index contributed by atoms with van der Waals surface area (Å²) in [6, 6.07) is 2.17. The first-order valence-corrected chi connectivity index (χ1v) is 5.01. The molecule has 1 N–H and O–H groups in total. The molecule has 0 saturated heterocycles. The standard InChI is InChI=1S/C11H18N2O2/c1-4-13(8-10(3)6-12)7-9(2)5-11(14)15/h5,10H,4,7-8H2,1-3H3,(H,14,15). The highest BCUT2D eigenvalue weighted by atomic mass is 16.4. The molecule has 15 heavy (non-hydrogen) atoms. The minimum atomic E-state index is -0.920. The molecular formula is C11H18N2O2. The number of carbonyl (C=O) groups is 1. The number of hydrogen-bond donors (Lipinski definition) is 1. The van der Waals surface area contributed by atoms with E-state index >= 15 is 0 Å². The van der Waals surface area contributed by atoms with Crippen molar-refractivity contribution >= 4 is 5.97 Å². The van der Waals surface area contributed by atoms with Gasteiger partial charge in [-0.15, -0.1) is 0 Å². The summed E-state index contributed by atoms with van der Waals surface area (Å²) in [4.78, 5) is 12.5. The highest BCUT2D eigenvalue weighted by Crippen LogP contribution is 2.02. The molecule has 1 unspecified atom stereocenters. The average molecular weight is 210 g/mol. The van der Waals surface area contributed by atoms with Gasteiger partial charge in [0.25, 0.3) is 0 Å². The molecule has 0 aliphatic carbocycles. The van der Waals surface area contributed by atoms with Gasteiger partial charge in [-0.25, -0.2) is 4.79 Å². The van der Waals surface area contributed by atoms with Crippen molar-refractivity contribution in [2.45, 2.75) is 20.8 Å². The molecular weight excluding hydrogens is 192 g/mol. The van der Waals surface area contributed by atoms with E-state index in [2.05, 4.69) is 11.0 Å². The molecule has 0 aliphatic rings. The van der Waals surface area contributed by atoms with Crippen LogP contribution >= 0.6 is 0 Å². The summed E-state index contributed by atoms with van der Waals surface area (Å²) < 4.78 is 0. The normalized spacial score (nSPS) is 13.7. The van der Waals surface area contributed by atoms with Gasteiger partial charge in [-0.05, 0) is 20.4 Å². The Morgan fingerprint density at radius 3 is 2.67 bits per heavy atom. The number of carboxylic acid groups (broad SMARTS) is 1. The molecule has 0 aromatic carbocycles. The van der Waals surface area contributed by atoms with E-state index in [9.17, 15) is 4.79 Å². The number of aliphatic carboxylic acids is 1. The molecule has 0 spiro atoms. The predicted molar refractivity (Wildman–Crippen MR) is 58.3 cm³/mol. The minimum absolute atomic E-state index is 0.0254. The maximum absolute atomic E-state index is 10.4. The summed E-state index contributed by atoms with van der Waals surface area (Å²) in [6.45, 7) is 7.74. The number of likely N-dealkylation sites (N-methyl/N-ethyl adjacent to an activating group) is 1. The molecule has 0 aliphatic heterocycles. The lowest BCUT2D eigenvalue weighted by Crippen LogP contribution is -2.29. The summed E-state index contributed by atoms with van der Waals surface area (Å²) in [5.41, 5.74) is 0.800. The maximum Gasteiger partial charge on any atom is 0.328 e. The lowest BCUT2D eigenvalue weighted by molar-refractivity contribution is -0.131. The lowest BCUT2D eigenvalue weighted by atomic mass is 10.2. The molecule has 0 aromatic rings. The van der Waals surface area contributed by atoms with Crippen LogP contribution in [0.3, 0.4) is 0 Å². The van der Waals surface area contributed by atoms with E-state index in [1.165, 1.54) is 6.08 Å². The van der Waals surface area contributed by atoms with Crippen molar-refractivity contribution in [3.63, 3.8) is 0 Å². The zero-order chi connectivity index (χ0) is 11.8. The molecule has 0 aromatic heterocycles. The fraction of sp³-hybridized carbons (Fsp3) is 0.636. The van der Waals surface area contributed by atoms with Crippen molar-refractivity contribution in [1.29, 1.82) is 5.26 Å². The van der Waals surface area contributed by atoms with E-state index in [-0.39, 0.29) is 5.92 Å². The summed E-state index contributed by atoms with van der Waals surface area (Å²) in [6.07, 6.45) is 1.21. The fourth-order valence-electron chi connectivity index (χ4n) is 1.34. The third-order valence-electron chi connectivity index (χ3n) is 2.04. The Morgan fingerprint density at radius 2 is 2.27 bits per heavy atom. The molecule has 84 valence electrons. The van der Waals surface area contributed by atoms with Gasteiger partial charge in [0.15, 0.2) is 0 Å². The van der Waals surface area contributed by atoms with Gasteiger partial charge in [0, 0.05) is 19.2 Å². The zero-order valence-corrected chi connectivity index (χ0v) is 9.53. The summed E-state index contributed by atoms with van der Waals surface area (Å²) in [5, 5.41) is 17.2. The Hall–Kier alpha value is -1.34. The van der Waals surface area contributed by atoms with Gasteiger partial charge < -0.3 is 5.11 Å². The Labute approximate surface area is 90.8 Å². The van der Waals surface area contributed by atoms with E-state index in [1.807, 2.05) is 13.8 Å². The third kappa shape index (κ3) is 6.69. The van der Waals surface area contributed by atoms with Crippen LogP contribution in [0.1, 0.15) is 20.8 Å². The van der Waals surface area contributed by atoms with Crippen LogP contribution in [0.15, 0.2) is 11.6 Å². The van der Waals surface area contributed by atoms with Crippen LogP contribution in [0.25, 0.3) is 0 Å². The van der Waals surface area contributed by atoms with E-state index in [0.717, 1.165) is 12.1 Å². The van der Waals surface area contributed by atoms with Crippen molar-refractivity contribution < 1.29 is 9.90 Å². The molecule has 0 heterocycles. The van der Waals surface area contributed by atoms with Crippen LogP contribution in [0.5, 0.6) is 0 Å².